The molecule has 100 valence electrons. The van der Waals surface area contributed by atoms with Crippen LogP contribution in [0.5, 0.6) is 0 Å². The van der Waals surface area contributed by atoms with Crippen molar-refractivity contribution in [3.05, 3.63) is 0 Å². The number of likely N-dealkylation sites (tertiary alicyclic amines) is 1. The number of nitrogens with zero attached hydrogens (tertiary/aromatic N) is 1. The van der Waals surface area contributed by atoms with E-state index in [4.69, 9.17) is 4.43 Å². The summed E-state index contributed by atoms with van der Waals surface area (Å²) in [7, 11) is 0.751. The van der Waals surface area contributed by atoms with Crippen LogP contribution in [0.2, 0.25) is 18.1 Å². The summed E-state index contributed by atoms with van der Waals surface area (Å²) >= 11 is 0. The van der Waals surface area contributed by atoms with Gasteiger partial charge in [-0.2, -0.15) is 0 Å². The molecule has 1 heterocycles. The fraction of sp³-hybridized carbons (Fsp3) is 1.00. The van der Waals surface area contributed by atoms with Crippen molar-refractivity contribution >= 4 is 8.32 Å². The fourth-order valence-electron chi connectivity index (χ4n) is 2.66. The molecule has 0 aromatic carbocycles. The monoisotopic (exact) mass is 255 g/mol. The van der Waals surface area contributed by atoms with Crippen molar-refractivity contribution in [3.63, 3.8) is 0 Å². The first-order chi connectivity index (χ1) is 7.68. The van der Waals surface area contributed by atoms with Gasteiger partial charge in [0.2, 0.25) is 0 Å². The Morgan fingerprint density at radius 1 is 1.24 bits per heavy atom. The van der Waals surface area contributed by atoms with E-state index in [1.807, 2.05) is 0 Å². The molecule has 1 aliphatic carbocycles. The van der Waals surface area contributed by atoms with Crippen LogP contribution in [-0.4, -0.2) is 38.5 Å². The summed E-state index contributed by atoms with van der Waals surface area (Å²) in [4.78, 5) is 2.61. The molecule has 2 fully saturated rings. The topological polar surface area (TPSA) is 12.5 Å². The van der Waals surface area contributed by atoms with E-state index in [2.05, 4.69) is 45.8 Å². The Morgan fingerprint density at radius 3 is 2.24 bits per heavy atom. The van der Waals surface area contributed by atoms with Gasteiger partial charge in [0.1, 0.15) is 0 Å². The zero-order chi connectivity index (χ0) is 12.9. The maximum Gasteiger partial charge on any atom is 0.192 e. The first-order valence-electron chi connectivity index (χ1n) is 7.05. The van der Waals surface area contributed by atoms with Crippen molar-refractivity contribution in [1.82, 2.24) is 4.90 Å². The molecule has 1 spiro atoms. The average molecular weight is 255 g/mol. The quantitative estimate of drug-likeness (QED) is 0.714. The van der Waals surface area contributed by atoms with Crippen LogP contribution in [0.3, 0.4) is 0 Å². The lowest BCUT2D eigenvalue weighted by Crippen LogP contribution is -2.45. The molecular formula is C14H29NOSi. The van der Waals surface area contributed by atoms with E-state index in [9.17, 15) is 0 Å². The Bertz CT molecular complexity index is 291. The van der Waals surface area contributed by atoms with Gasteiger partial charge < -0.3 is 4.43 Å². The van der Waals surface area contributed by atoms with E-state index in [0.717, 1.165) is 6.61 Å². The Hall–Kier alpha value is 0.137. The molecule has 0 radical (unpaired) electrons. The summed E-state index contributed by atoms with van der Waals surface area (Å²) in [6.45, 7) is 12.6. The normalized spacial score (nSPS) is 28.9. The zero-order valence-corrected chi connectivity index (χ0v) is 13.5. The van der Waals surface area contributed by atoms with E-state index < -0.39 is 8.32 Å². The van der Waals surface area contributed by atoms with Crippen molar-refractivity contribution in [2.24, 2.45) is 0 Å². The van der Waals surface area contributed by atoms with Crippen LogP contribution in [0, 0.1) is 0 Å². The van der Waals surface area contributed by atoms with Crippen LogP contribution in [-0.2, 0) is 4.43 Å². The number of hydrogen-bond donors (Lipinski definition) is 0. The van der Waals surface area contributed by atoms with Crippen molar-refractivity contribution in [2.45, 2.75) is 76.2 Å². The van der Waals surface area contributed by atoms with Gasteiger partial charge in [-0.1, -0.05) is 20.8 Å². The molecule has 2 rings (SSSR count). The van der Waals surface area contributed by atoms with Gasteiger partial charge in [0, 0.05) is 18.2 Å². The number of hydrogen-bond acceptors (Lipinski definition) is 2. The van der Waals surface area contributed by atoms with E-state index in [-0.39, 0.29) is 0 Å². The molecular weight excluding hydrogens is 226 g/mol. The van der Waals surface area contributed by atoms with Crippen LogP contribution in [0.25, 0.3) is 0 Å². The van der Waals surface area contributed by atoms with Crippen molar-refractivity contribution in [1.29, 1.82) is 0 Å². The van der Waals surface area contributed by atoms with Crippen molar-refractivity contribution in [2.75, 3.05) is 13.7 Å². The predicted molar refractivity (Wildman–Crippen MR) is 75.9 cm³/mol. The van der Waals surface area contributed by atoms with E-state index in [1.54, 1.807) is 0 Å². The van der Waals surface area contributed by atoms with Crippen LogP contribution in [0.1, 0.15) is 46.5 Å². The highest BCUT2D eigenvalue weighted by Crippen LogP contribution is 2.51. The molecule has 0 aromatic rings. The summed E-state index contributed by atoms with van der Waals surface area (Å²) in [5.74, 6) is 0. The highest BCUT2D eigenvalue weighted by Gasteiger charge is 2.52. The average Bonchev–Trinajstić information content (AvgIpc) is 2.89. The molecule has 0 N–H and O–H groups in total. The van der Waals surface area contributed by atoms with Crippen molar-refractivity contribution < 1.29 is 4.43 Å². The summed E-state index contributed by atoms with van der Waals surface area (Å²) in [5, 5.41) is 0.335. The second-order valence-corrected chi connectivity index (χ2v) is 12.4. The Morgan fingerprint density at radius 2 is 1.82 bits per heavy atom. The molecule has 0 bridgehead atoms. The van der Waals surface area contributed by atoms with Gasteiger partial charge in [0.25, 0.3) is 0 Å². The highest BCUT2D eigenvalue weighted by molar-refractivity contribution is 6.74. The maximum atomic E-state index is 6.37. The zero-order valence-electron chi connectivity index (χ0n) is 12.5. The molecule has 17 heavy (non-hydrogen) atoms. The lowest BCUT2D eigenvalue weighted by molar-refractivity contribution is 0.151. The SMILES string of the molecule is CN1C(CO[Si](C)(C)C(C)(C)C)CCC12CC2. The van der Waals surface area contributed by atoms with Gasteiger partial charge in [-0.25, -0.2) is 0 Å². The summed E-state index contributed by atoms with van der Waals surface area (Å²) in [5.41, 5.74) is 0.599. The Kier molecular flexibility index (Phi) is 3.25. The van der Waals surface area contributed by atoms with Gasteiger partial charge in [0.15, 0.2) is 8.32 Å². The molecule has 1 aliphatic heterocycles. The fourth-order valence-corrected chi connectivity index (χ4v) is 3.70. The number of rotatable bonds is 3. The number of likely N-dealkylation sites (N-methyl/N-ethyl adjacent to an activating group) is 1. The third-order valence-electron chi connectivity index (χ3n) is 5.51. The highest BCUT2D eigenvalue weighted by atomic mass is 28.4. The van der Waals surface area contributed by atoms with Gasteiger partial charge in [-0.3, -0.25) is 4.90 Å². The minimum atomic E-state index is -1.55. The molecule has 1 unspecified atom stereocenters. The standard InChI is InChI=1S/C14H29NOSi/c1-13(2,3)17(5,6)16-11-12-7-8-14(9-10-14)15(12)4/h12H,7-11H2,1-6H3. The molecule has 3 heteroatoms. The molecule has 1 saturated carbocycles. The minimum Gasteiger partial charge on any atom is -0.415 e. The van der Waals surface area contributed by atoms with E-state index in [0.29, 0.717) is 16.6 Å². The van der Waals surface area contributed by atoms with Crippen LogP contribution in [0.15, 0.2) is 0 Å². The smallest absolute Gasteiger partial charge is 0.192 e. The maximum absolute atomic E-state index is 6.37. The van der Waals surface area contributed by atoms with Gasteiger partial charge in [-0.05, 0) is 50.9 Å². The van der Waals surface area contributed by atoms with E-state index in [1.165, 1.54) is 25.7 Å². The Balaban J connectivity index is 1.87. The third-order valence-corrected chi connectivity index (χ3v) is 10.0. The van der Waals surface area contributed by atoms with Gasteiger partial charge >= 0.3 is 0 Å². The Labute approximate surface area is 108 Å². The summed E-state index contributed by atoms with van der Waals surface area (Å²) < 4.78 is 6.37. The molecule has 1 atom stereocenters. The van der Waals surface area contributed by atoms with Gasteiger partial charge in [0.05, 0.1) is 0 Å². The third kappa shape index (κ3) is 2.47. The minimum absolute atomic E-state index is 0.335. The first kappa shape index (κ1) is 13.6. The molecule has 2 aliphatic rings. The molecule has 0 aromatic heterocycles. The summed E-state index contributed by atoms with van der Waals surface area (Å²) in [6.07, 6.45) is 5.57. The van der Waals surface area contributed by atoms with Crippen LogP contribution < -0.4 is 0 Å². The largest absolute Gasteiger partial charge is 0.415 e. The predicted octanol–water partition coefficient (Wildman–Crippen LogP) is 3.64. The first-order valence-corrected chi connectivity index (χ1v) is 9.96. The second-order valence-electron chi connectivity index (χ2n) is 7.60. The second kappa shape index (κ2) is 4.07. The molecule has 2 nitrogen and oxygen atoms in total. The summed E-state index contributed by atoms with van der Waals surface area (Å²) in [6, 6.07) is 0.673. The molecule has 0 amide bonds. The lowest BCUT2D eigenvalue weighted by atomic mass is 10.2. The van der Waals surface area contributed by atoms with E-state index >= 15 is 0 Å². The van der Waals surface area contributed by atoms with Crippen molar-refractivity contribution in [3.8, 4) is 0 Å². The van der Waals surface area contributed by atoms with Crippen LogP contribution >= 0.6 is 0 Å². The van der Waals surface area contributed by atoms with Crippen LogP contribution in [0.4, 0.5) is 0 Å². The lowest BCUT2D eigenvalue weighted by Gasteiger charge is -2.38. The van der Waals surface area contributed by atoms with Gasteiger partial charge in [-0.15, -0.1) is 0 Å². The molecule has 1 saturated heterocycles.